The highest BCUT2D eigenvalue weighted by molar-refractivity contribution is 7.13. The van der Waals surface area contributed by atoms with E-state index >= 15 is 0 Å². The number of aliphatic hydroxyl groups is 2. The first kappa shape index (κ1) is 41.5. The van der Waals surface area contributed by atoms with Gasteiger partial charge in [0.2, 0.25) is 0 Å². The zero-order valence-corrected chi connectivity index (χ0v) is 33.8. The first-order valence-electron chi connectivity index (χ1n) is 19.1. The van der Waals surface area contributed by atoms with Gasteiger partial charge < -0.3 is 39.7 Å². The maximum absolute atomic E-state index is 10.4. The second-order valence-corrected chi connectivity index (χ2v) is 16.1. The van der Waals surface area contributed by atoms with Crippen LogP contribution in [0.3, 0.4) is 0 Å². The van der Waals surface area contributed by atoms with E-state index in [1.807, 2.05) is 24.3 Å². The fourth-order valence-corrected chi connectivity index (χ4v) is 8.55. The summed E-state index contributed by atoms with van der Waals surface area (Å²) in [4.78, 5) is 17.9. The lowest BCUT2D eigenvalue weighted by Crippen LogP contribution is -2.49. The molecular weight excluding hydrogens is 725 g/mol. The van der Waals surface area contributed by atoms with Crippen molar-refractivity contribution in [3.63, 3.8) is 0 Å². The number of aromatic nitrogens is 2. The highest BCUT2D eigenvalue weighted by atomic mass is 32.1. The molecule has 2 aromatic heterocycles. The van der Waals surface area contributed by atoms with Crippen molar-refractivity contribution >= 4 is 34.0 Å². The van der Waals surface area contributed by atoms with Crippen molar-refractivity contribution in [2.45, 2.75) is 65.1 Å². The summed E-state index contributed by atoms with van der Waals surface area (Å²) in [6.07, 6.45) is 3.51. The van der Waals surface area contributed by atoms with Crippen LogP contribution in [0, 0.1) is 13.8 Å². The SMILES string of the molecule is CCCCCOc1ccccc1N1CCN(CC(O)Cc2nc(C)c(O)s2)CC1.COc1ccccc1N1CCN(CC(O)Cc2nc(C)c(O)s2)CC1. The van der Waals surface area contributed by atoms with Gasteiger partial charge in [0, 0.05) is 78.3 Å². The molecule has 2 atom stereocenters. The monoisotopic (exact) mass is 782 g/mol. The Balaban J connectivity index is 0.000000210. The molecule has 0 spiro atoms. The molecule has 296 valence electrons. The van der Waals surface area contributed by atoms with Gasteiger partial charge in [-0.3, -0.25) is 9.80 Å². The quantitative estimate of drug-likeness (QED) is 0.109. The molecule has 0 aliphatic carbocycles. The molecule has 4 aromatic rings. The minimum absolute atomic E-state index is 0.243. The molecular formula is C40H58N6O6S2. The summed E-state index contributed by atoms with van der Waals surface area (Å²) in [5.41, 5.74) is 3.57. The molecule has 12 nitrogen and oxygen atoms in total. The van der Waals surface area contributed by atoms with Crippen LogP contribution in [-0.2, 0) is 12.8 Å². The molecule has 0 amide bonds. The number of ether oxygens (including phenoxy) is 2. The van der Waals surface area contributed by atoms with Crippen LogP contribution in [0.5, 0.6) is 21.6 Å². The summed E-state index contributed by atoms with van der Waals surface area (Å²) >= 11 is 2.51. The second kappa shape index (κ2) is 20.9. The Kier molecular flexibility index (Phi) is 16.0. The smallest absolute Gasteiger partial charge is 0.194 e. The predicted octanol–water partition coefficient (Wildman–Crippen LogP) is 5.34. The normalized spacial score (nSPS) is 16.5. The zero-order valence-electron chi connectivity index (χ0n) is 32.2. The maximum atomic E-state index is 10.4. The molecule has 0 bridgehead atoms. The van der Waals surface area contributed by atoms with E-state index in [2.05, 4.69) is 60.8 Å². The van der Waals surface area contributed by atoms with Gasteiger partial charge in [0.15, 0.2) is 10.1 Å². The lowest BCUT2D eigenvalue weighted by molar-refractivity contribution is 0.109. The number of aryl methyl sites for hydroxylation is 2. The Labute approximate surface area is 328 Å². The molecule has 54 heavy (non-hydrogen) atoms. The number of hydrogen-bond donors (Lipinski definition) is 4. The Morgan fingerprint density at radius 1 is 0.667 bits per heavy atom. The predicted molar refractivity (Wildman–Crippen MR) is 218 cm³/mol. The summed E-state index contributed by atoms with van der Waals surface area (Å²) in [5.74, 6) is 1.87. The molecule has 6 rings (SSSR count). The second-order valence-electron chi connectivity index (χ2n) is 14.0. The van der Waals surface area contributed by atoms with Crippen molar-refractivity contribution in [1.82, 2.24) is 19.8 Å². The first-order valence-corrected chi connectivity index (χ1v) is 20.7. The summed E-state index contributed by atoms with van der Waals surface area (Å²) in [6, 6.07) is 16.4. The number of hydrogen-bond acceptors (Lipinski definition) is 14. The number of β-amino-alcohol motifs (C(OH)–C–C–N with tert-alkyl or cyclic N) is 2. The average Bonchev–Trinajstić information content (AvgIpc) is 3.66. The third-order valence-electron chi connectivity index (χ3n) is 9.77. The third-order valence-corrected chi connectivity index (χ3v) is 11.7. The Morgan fingerprint density at radius 3 is 1.54 bits per heavy atom. The van der Waals surface area contributed by atoms with Crippen LogP contribution < -0.4 is 19.3 Å². The van der Waals surface area contributed by atoms with Gasteiger partial charge in [-0.05, 0) is 44.5 Å². The number of methoxy groups -OCH3 is 1. The number of aromatic hydroxyl groups is 2. The van der Waals surface area contributed by atoms with Crippen molar-refractivity contribution in [1.29, 1.82) is 0 Å². The molecule has 2 saturated heterocycles. The molecule has 0 saturated carbocycles. The fraction of sp³-hybridized carbons (Fsp3) is 0.550. The number of para-hydroxylation sites is 4. The van der Waals surface area contributed by atoms with Crippen molar-refractivity contribution in [2.24, 2.45) is 0 Å². The van der Waals surface area contributed by atoms with Crippen LogP contribution in [0.2, 0.25) is 0 Å². The molecule has 2 aromatic carbocycles. The van der Waals surface area contributed by atoms with Crippen LogP contribution in [0.25, 0.3) is 0 Å². The van der Waals surface area contributed by atoms with Gasteiger partial charge in [-0.25, -0.2) is 9.97 Å². The summed E-state index contributed by atoms with van der Waals surface area (Å²) < 4.78 is 11.5. The van der Waals surface area contributed by atoms with Gasteiger partial charge in [0.1, 0.15) is 11.5 Å². The van der Waals surface area contributed by atoms with Crippen LogP contribution in [-0.4, -0.2) is 132 Å². The van der Waals surface area contributed by atoms with Gasteiger partial charge in [-0.15, -0.1) is 0 Å². The fourth-order valence-electron chi connectivity index (χ4n) is 6.80. The number of piperazine rings is 2. The minimum Gasteiger partial charge on any atom is -0.498 e. The number of anilines is 2. The van der Waals surface area contributed by atoms with E-state index in [9.17, 15) is 20.4 Å². The molecule has 4 heterocycles. The topological polar surface area (TPSA) is 138 Å². The summed E-state index contributed by atoms with van der Waals surface area (Å²) in [7, 11) is 1.70. The van der Waals surface area contributed by atoms with Gasteiger partial charge in [0.05, 0.1) is 58.7 Å². The highest BCUT2D eigenvalue weighted by Gasteiger charge is 2.24. The molecule has 0 radical (unpaired) electrons. The molecule has 2 fully saturated rings. The molecule has 14 heteroatoms. The average molecular weight is 783 g/mol. The van der Waals surface area contributed by atoms with Gasteiger partial charge >= 0.3 is 0 Å². The van der Waals surface area contributed by atoms with Crippen LogP contribution >= 0.6 is 22.7 Å². The highest BCUT2D eigenvalue weighted by Crippen LogP contribution is 2.31. The summed E-state index contributed by atoms with van der Waals surface area (Å²) in [6.45, 7) is 15.0. The Morgan fingerprint density at radius 2 is 1.11 bits per heavy atom. The number of unbranched alkanes of at least 4 members (excludes halogenated alkanes) is 2. The lowest BCUT2D eigenvalue weighted by Gasteiger charge is -2.37. The minimum atomic E-state index is -0.472. The number of nitrogens with zero attached hydrogens (tertiary/aromatic N) is 6. The largest absolute Gasteiger partial charge is 0.498 e. The molecule has 2 aliphatic rings. The van der Waals surface area contributed by atoms with E-state index in [4.69, 9.17) is 9.47 Å². The van der Waals surface area contributed by atoms with Gasteiger partial charge in [0.25, 0.3) is 0 Å². The standard InChI is InChI=1S/C22H33N3O3S.C18H25N3O3S/c1-3-4-7-14-28-20-9-6-5-8-19(20)25-12-10-24(11-13-25)16-18(26)15-21-23-17(2)22(27)29-21;1-13-18(23)25-17(19-13)11-14(22)12-20-7-9-21(10-8-20)15-5-3-4-6-16(15)24-2/h5-6,8-9,18,26-27H,3-4,7,10-16H2,1-2H3;3-6,14,22-23H,7-12H2,1-2H3. The number of aliphatic hydroxyl groups excluding tert-OH is 2. The molecule has 4 N–H and O–H groups in total. The van der Waals surface area contributed by atoms with E-state index in [-0.39, 0.29) is 10.1 Å². The van der Waals surface area contributed by atoms with Crippen molar-refractivity contribution in [3.8, 4) is 21.6 Å². The zero-order chi connectivity index (χ0) is 38.5. The van der Waals surface area contributed by atoms with Crippen LogP contribution in [0.1, 0.15) is 47.6 Å². The molecule has 2 aliphatic heterocycles. The Bertz CT molecular complexity index is 1670. The van der Waals surface area contributed by atoms with Crippen LogP contribution in [0.15, 0.2) is 48.5 Å². The maximum Gasteiger partial charge on any atom is 0.194 e. The lowest BCUT2D eigenvalue weighted by atomic mass is 10.2. The number of benzene rings is 2. The van der Waals surface area contributed by atoms with E-state index in [1.54, 1.807) is 21.0 Å². The first-order chi connectivity index (χ1) is 26.1. The van der Waals surface area contributed by atoms with Gasteiger partial charge in [-0.2, -0.15) is 0 Å². The number of rotatable bonds is 16. The van der Waals surface area contributed by atoms with E-state index in [0.29, 0.717) is 37.3 Å². The van der Waals surface area contributed by atoms with E-state index < -0.39 is 12.2 Å². The van der Waals surface area contributed by atoms with Gasteiger partial charge in [-0.1, -0.05) is 66.7 Å². The van der Waals surface area contributed by atoms with Crippen molar-refractivity contribution in [3.05, 3.63) is 69.9 Å². The summed E-state index contributed by atoms with van der Waals surface area (Å²) in [5, 5.41) is 42.1. The van der Waals surface area contributed by atoms with E-state index in [1.165, 1.54) is 35.5 Å². The number of thiazole rings is 2. The van der Waals surface area contributed by atoms with Crippen LogP contribution in [0.4, 0.5) is 11.4 Å². The Hall–Kier alpha value is -3.66. The van der Waals surface area contributed by atoms with Crippen molar-refractivity contribution < 1.29 is 29.9 Å². The molecule has 2 unspecified atom stereocenters. The van der Waals surface area contributed by atoms with E-state index in [0.717, 1.165) is 98.3 Å². The van der Waals surface area contributed by atoms with Crippen molar-refractivity contribution in [2.75, 3.05) is 89.0 Å². The third kappa shape index (κ3) is 12.2.